The average molecular weight is 377 g/mol. The summed E-state index contributed by atoms with van der Waals surface area (Å²) < 4.78 is 0. The van der Waals surface area contributed by atoms with Crippen molar-refractivity contribution in [3.05, 3.63) is 83.4 Å². The highest BCUT2D eigenvalue weighted by Gasteiger charge is 2.10. The number of hydrogen-bond donors (Lipinski definition) is 4. The Labute approximate surface area is 163 Å². The van der Waals surface area contributed by atoms with E-state index in [0.29, 0.717) is 5.69 Å². The molecule has 0 saturated heterocycles. The Morgan fingerprint density at radius 2 is 1.36 bits per heavy atom. The van der Waals surface area contributed by atoms with E-state index in [0.717, 1.165) is 31.2 Å². The van der Waals surface area contributed by atoms with E-state index in [2.05, 4.69) is 5.32 Å². The molecule has 0 aromatic heterocycles. The molecule has 0 aliphatic carbocycles. The highest BCUT2D eigenvalue weighted by Crippen LogP contribution is 2.25. The summed E-state index contributed by atoms with van der Waals surface area (Å²) in [4.78, 5) is 12.2. The van der Waals surface area contributed by atoms with Gasteiger partial charge in [-0.25, -0.2) is 0 Å². The highest BCUT2D eigenvalue weighted by molar-refractivity contribution is 6.06. The number of benzene rings is 3. The van der Waals surface area contributed by atoms with Gasteiger partial charge in [0.1, 0.15) is 5.75 Å². The standard InChI is InChI=1S/C23H23NO4/c25-20-8-4-3-7-19(20)23(28)24-18-12-9-16(10-13-18)5-1-2-6-17-11-14-21(26)22(27)15-17/h3-4,7-15,25-27H,1-2,5-6H2,(H,24,28). The lowest BCUT2D eigenvalue weighted by molar-refractivity contribution is 0.102. The van der Waals surface area contributed by atoms with Crippen LogP contribution in [0.3, 0.4) is 0 Å². The minimum Gasteiger partial charge on any atom is -0.507 e. The van der Waals surface area contributed by atoms with Gasteiger partial charge in [-0.3, -0.25) is 4.79 Å². The van der Waals surface area contributed by atoms with Gasteiger partial charge >= 0.3 is 0 Å². The molecule has 4 N–H and O–H groups in total. The molecule has 0 radical (unpaired) electrons. The molecule has 0 fully saturated rings. The molecule has 28 heavy (non-hydrogen) atoms. The summed E-state index contributed by atoms with van der Waals surface area (Å²) in [6.45, 7) is 0. The predicted octanol–water partition coefficient (Wildman–Crippen LogP) is 4.62. The van der Waals surface area contributed by atoms with E-state index in [9.17, 15) is 20.1 Å². The fraction of sp³-hybridized carbons (Fsp3) is 0.174. The fourth-order valence-corrected chi connectivity index (χ4v) is 3.00. The van der Waals surface area contributed by atoms with E-state index in [-0.39, 0.29) is 28.7 Å². The molecule has 3 aromatic carbocycles. The number of rotatable bonds is 7. The number of carbonyl (C=O) groups is 1. The van der Waals surface area contributed by atoms with Crippen LogP contribution in [0, 0.1) is 0 Å². The van der Waals surface area contributed by atoms with Crippen molar-refractivity contribution in [3.63, 3.8) is 0 Å². The van der Waals surface area contributed by atoms with Gasteiger partial charge in [-0.1, -0.05) is 30.3 Å². The monoisotopic (exact) mass is 377 g/mol. The first-order valence-corrected chi connectivity index (χ1v) is 9.22. The molecule has 3 rings (SSSR count). The molecule has 0 aliphatic heterocycles. The lowest BCUT2D eigenvalue weighted by Gasteiger charge is -2.08. The summed E-state index contributed by atoms with van der Waals surface area (Å²) in [6.07, 6.45) is 3.71. The van der Waals surface area contributed by atoms with Crippen molar-refractivity contribution >= 4 is 11.6 Å². The Hall–Kier alpha value is -3.47. The number of aromatic hydroxyl groups is 3. The summed E-state index contributed by atoms with van der Waals surface area (Å²) in [6, 6.07) is 19.0. The molecule has 0 bridgehead atoms. The molecular weight excluding hydrogens is 354 g/mol. The number of nitrogens with one attached hydrogen (secondary N) is 1. The quantitative estimate of drug-likeness (QED) is 0.357. The summed E-state index contributed by atoms with van der Waals surface area (Å²) in [5.41, 5.74) is 3.09. The maximum Gasteiger partial charge on any atom is 0.259 e. The maximum atomic E-state index is 12.2. The third-order valence-corrected chi connectivity index (χ3v) is 4.58. The number of para-hydroxylation sites is 1. The van der Waals surface area contributed by atoms with Crippen LogP contribution >= 0.6 is 0 Å². The number of phenols is 3. The lowest BCUT2D eigenvalue weighted by Crippen LogP contribution is -2.11. The first-order chi connectivity index (χ1) is 13.5. The van der Waals surface area contributed by atoms with Crippen LogP contribution in [0.2, 0.25) is 0 Å². The Balaban J connectivity index is 1.47. The normalized spacial score (nSPS) is 10.6. The van der Waals surface area contributed by atoms with Gasteiger partial charge in [0.2, 0.25) is 0 Å². The summed E-state index contributed by atoms with van der Waals surface area (Å²) in [5, 5.41) is 31.4. The predicted molar refractivity (Wildman–Crippen MR) is 109 cm³/mol. The SMILES string of the molecule is O=C(Nc1ccc(CCCCc2ccc(O)c(O)c2)cc1)c1ccccc1O. The van der Waals surface area contributed by atoms with Crippen LogP contribution in [-0.4, -0.2) is 21.2 Å². The van der Waals surface area contributed by atoms with E-state index in [1.165, 1.54) is 17.7 Å². The second kappa shape index (κ2) is 8.95. The van der Waals surface area contributed by atoms with Crippen molar-refractivity contribution in [2.75, 3.05) is 5.32 Å². The van der Waals surface area contributed by atoms with Gasteiger partial charge in [0.25, 0.3) is 5.91 Å². The zero-order valence-electron chi connectivity index (χ0n) is 15.4. The van der Waals surface area contributed by atoms with Gasteiger partial charge in [-0.2, -0.15) is 0 Å². The fourth-order valence-electron chi connectivity index (χ4n) is 3.00. The maximum absolute atomic E-state index is 12.2. The molecule has 3 aromatic rings. The van der Waals surface area contributed by atoms with Crippen molar-refractivity contribution in [3.8, 4) is 17.2 Å². The van der Waals surface area contributed by atoms with E-state index in [4.69, 9.17) is 0 Å². The lowest BCUT2D eigenvalue weighted by atomic mass is 10.0. The summed E-state index contributed by atoms with van der Waals surface area (Å²) in [5.74, 6) is -0.570. The third-order valence-electron chi connectivity index (χ3n) is 4.58. The zero-order chi connectivity index (χ0) is 19.9. The van der Waals surface area contributed by atoms with Gasteiger partial charge in [-0.05, 0) is 73.2 Å². The molecule has 0 unspecified atom stereocenters. The number of anilines is 1. The number of unbranched alkanes of at least 4 members (excludes halogenated alkanes) is 1. The molecular formula is C23H23NO4. The van der Waals surface area contributed by atoms with Crippen molar-refractivity contribution in [2.24, 2.45) is 0 Å². The number of phenolic OH excluding ortho intramolecular Hbond substituents is 3. The van der Waals surface area contributed by atoms with Crippen molar-refractivity contribution < 1.29 is 20.1 Å². The van der Waals surface area contributed by atoms with Crippen LogP contribution in [0.25, 0.3) is 0 Å². The van der Waals surface area contributed by atoms with Gasteiger partial charge in [0.05, 0.1) is 5.56 Å². The molecule has 5 heteroatoms. The van der Waals surface area contributed by atoms with Crippen LogP contribution in [0.1, 0.15) is 34.3 Å². The molecule has 0 spiro atoms. The molecule has 0 saturated carbocycles. The van der Waals surface area contributed by atoms with Crippen LogP contribution in [-0.2, 0) is 12.8 Å². The second-order valence-corrected chi connectivity index (χ2v) is 6.70. The van der Waals surface area contributed by atoms with Crippen LogP contribution in [0.15, 0.2) is 66.7 Å². The smallest absolute Gasteiger partial charge is 0.259 e. The molecule has 1 amide bonds. The first-order valence-electron chi connectivity index (χ1n) is 9.22. The van der Waals surface area contributed by atoms with E-state index >= 15 is 0 Å². The Morgan fingerprint density at radius 3 is 2.04 bits per heavy atom. The molecule has 5 nitrogen and oxygen atoms in total. The van der Waals surface area contributed by atoms with Crippen molar-refractivity contribution in [1.82, 2.24) is 0 Å². The minimum atomic E-state index is -0.344. The molecule has 144 valence electrons. The van der Waals surface area contributed by atoms with Gasteiger partial charge < -0.3 is 20.6 Å². The summed E-state index contributed by atoms with van der Waals surface area (Å²) >= 11 is 0. The van der Waals surface area contributed by atoms with E-state index in [1.54, 1.807) is 24.3 Å². The number of carbonyl (C=O) groups excluding carboxylic acids is 1. The topological polar surface area (TPSA) is 89.8 Å². The molecule has 0 atom stereocenters. The largest absolute Gasteiger partial charge is 0.507 e. The van der Waals surface area contributed by atoms with Crippen molar-refractivity contribution in [2.45, 2.75) is 25.7 Å². The molecule has 0 aliphatic rings. The minimum absolute atomic E-state index is 0.0430. The van der Waals surface area contributed by atoms with Crippen LogP contribution in [0.4, 0.5) is 5.69 Å². The second-order valence-electron chi connectivity index (χ2n) is 6.70. The number of aryl methyl sites for hydroxylation is 2. The highest BCUT2D eigenvalue weighted by atomic mass is 16.3. The van der Waals surface area contributed by atoms with Crippen molar-refractivity contribution in [1.29, 1.82) is 0 Å². The van der Waals surface area contributed by atoms with E-state index < -0.39 is 0 Å². The van der Waals surface area contributed by atoms with Gasteiger partial charge in [0, 0.05) is 5.69 Å². The first kappa shape index (κ1) is 19.3. The number of amides is 1. The van der Waals surface area contributed by atoms with Gasteiger partial charge in [0.15, 0.2) is 11.5 Å². The molecule has 0 heterocycles. The van der Waals surface area contributed by atoms with E-state index in [1.807, 2.05) is 30.3 Å². The average Bonchev–Trinajstić information content (AvgIpc) is 2.69. The zero-order valence-corrected chi connectivity index (χ0v) is 15.4. The van der Waals surface area contributed by atoms with Crippen LogP contribution in [0.5, 0.6) is 17.2 Å². The Kier molecular flexibility index (Phi) is 6.17. The summed E-state index contributed by atoms with van der Waals surface area (Å²) in [7, 11) is 0. The Bertz CT molecular complexity index is 951. The Morgan fingerprint density at radius 1 is 0.714 bits per heavy atom. The van der Waals surface area contributed by atoms with Gasteiger partial charge in [-0.15, -0.1) is 0 Å². The third kappa shape index (κ3) is 5.04. The van der Waals surface area contributed by atoms with Crippen LogP contribution < -0.4 is 5.32 Å². The number of hydrogen-bond acceptors (Lipinski definition) is 4.